The summed E-state index contributed by atoms with van der Waals surface area (Å²) < 4.78 is 32.0. The number of guanidine groups is 1. The van der Waals surface area contributed by atoms with Crippen molar-refractivity contribution in [3.63, 3.8) is 0 Å². The Bertz CT molecular complexity index is 1300. The van der Waals surface area contributed by atoms with Crippen LogP contribution in [0.15, 0.2) is 54.4 Å². The van der Waals surface area contributed by atoms with Crippen molar-refractivity contribution in [1.29, 1.82) is 10.5 Å². The van der Waals surface area contributed by atoms with Gasteiger partial charge in [-0.05, 0) is 30.2 Å². The van der Waals surface area contributed by atoms with Gasteiger partial charge in [0.1, 0.15) is 17.9 Å². The van der Waals surface area contributed by atoms with E-state index in [0.29, 0.717) is 41.1 Å². The van der Waals surface area contributed by atoms with Gasteiger partial charge in [0.05, 0.1) is 49.3 Å². The molecule has 11 nitrogen and oxygen atoms in total. The zero-order chi connectivity index (χ0) is 26.0. The summed E-state index contributed by atoms with van der Waals surface area (Å²) in [6, 6.07) is 9.13. The highest BCUT2D eigenvalue weighted by atomic mass is 32.2. The van der Waals surface area contributed by atoms with Crippen molar-refractivity contribution >= 4 is 27.2 Å². The number of nitriles is 2. The van der Waals surface area contributed by atoms with Gasteiger partial charge in [-0.1, -0.05) is 18.7 Å². The maximum absolute atomic E-state index is 11.7. The topological polar surface area (TPSA) is 162 Å². The fourth-order valence-electron chi connectivity index (χ4n) is 2.92. The SMILES string of the molecule is C=C/C(=C\N=C(N)Nc1cnn(CCC#N)c1)c1ccc(C#N)c(OC(C)CN(C)S(C)(=O)=O)c1. The van der Waals surface area contributed by atoms with Crippen LogP contribution in [0.1, 0.15) is 24.5 Å². The molecule has 0 aliphatic rings. The Morgan fingerprint density at radius 1 is 1.46 bits per heavy atom. The van der Waals surface area contributed by atoms with Crippen LogP contribution in [-0.2, 0) is 16.6 Å². The minimum atomic E-state index is -3.36. The Kier molecular flexibility index (Phi) is 9.58. The monoisotopic (exact) mass is 496 g/mol. The molecule has 0 fully saturated rings. The number of aromatic nitrogens is 2. The maximum Gasteiger partial charge on any atom is 0.211 e. The summed E-state index contributed by atoms with van der Waals surface area (Å²) in [5.41, 5.74) is 8.20. The van der Waals surface area contributed by atoms with Crippen LogP contribution in [0.5, 0.6) is 5.75 Å². The predicted molar refractivity (Wildman–Crippen MR) is 135 cm³/mol. The van der Waals surface area contributed by atoms with E-state index in [0.717, 1.165) is 6.26 Å². The number of hydrogen-bond donors (Lipinski definition) is 2. The molecule has 0 saturated heterocycles. The van der Waals surface area contributed by atoms with Crippen LogP contribution >= 0.6 is 0 Å². The molecule has 0 saturated carbocycles. The summed E-state index contributed by atoms with van der Waals surface area (Å²) in [7, 11) is -1.90. The quantitative estimate of drug-likeness (QED) is 0.272. The van der Waals surface area contributed by atoms with Crippen molar-refractivity contribution < 1.29 is 13.2 Å². The predicted octanol–water partition coefficient (Wildman–Crippen LogP) is 2.28. The number of allylic oxidation sites excluding steroid dienone is 2. The van der Waals surface area contributed by atoms with E-state index in [1.807, 2.05) is 0 Å². The van der Waals surface area contributed by atoms with Crippen LogP contribution in [0.2, 0.25) is 0 Å². The highest BCUT2D eigenvalue weighted by Gasteiger charge is 2.17. The van der Waals surface area contributed by atoms with Crippen molar-refractivity contribution in [3.8, 4) is 17.9 Å². The van der Waals surface area contributed by atoms with Gasteiger partial charge in [0.2, 0.25) is 10.0 Å². The standard InChI is InChI=1S/C23H28N8O3S/c1-5-18(13-27-23(26)29-21-14-28-31(16-21)10-6-9-24)19-7-8-20(12-25)22(11-19)34-17(2)15-30(3)35(4,32)33/h5,7-8,11,13-14,16-17H,1,6,10,15H2,2-4H3,(H3,26,27,29)/b18-13+. The third-order valence-corrected chi connectivity index (χ3v) is 6.05. The number of benzene rings is 1. The molecule has 0 bridgehead atoms. The Morgan fingerprint density at radius 2 is 2.20 bits per heavy atom. The average molecular weight is 497 g/mol. The first-order valence-electron chi connectivity index (χ1n) is 10.5. The van der Waals surface area contributed by atoms with E-state index in [1.54, 1.807) is 48.3 Å². The van der Waals surface area contributed by atoms with E-state index < -0.39 is 16.1 Å². The molecule has 1 aromatic carbocycles. The van der Waals surface area contributed by atoms with E-state index in [1.165, 1.54) is 17.6 Å². The lowest BCUT2D eigenvalue weighted by molar-refractivity contribution is 0.195. The van der Waals surface area contributed by atoms with Crippen molar-refractivity contribution in [3.05, 3.63) is 60.6 Å². The van der Waals surface area contributed by atoms with E-state index in [4.69, 9.17) is 15.7 Å². The van der Waals surface area contributed by atoms with Crippen molar-refractivity contribution in [2.24, 2.45) is 10.7 Å². The minimum absolute atomic E-state index is 0.117. The number of aliphatic imine (C=N–C) groups is 1. The normalized spacial score (nSPS) is 13.1. The number of sulfonamides is 1. The Balaban J connectivity index is 2.19. The number of nitrogens with two attached hydrogens (primary N) is 1. The van der Waals surface area contributed by atoms with Gasteiger partial charge in [-0.15, -0.1) is 0 Å². The highest BCUT2D eigenvalue weighted by molar-refractivity contribution is 7.88. The van der Waals surface area contributed by atoms with Gasteiger partial charge in [-0.2, -0.15) is 15.6 Å². The van der Waals surface area contributed by atoms with Crippen LogP contribution in [0, 0.1) is 22.7 Å². The first-order valence-corrected chi connectivity index (χ1v) is 12.4. The lowest BCUT2D eigenvalue weighted by Gasteiger charge is -2.21. The smallest absolute Gasteiger partial charge is 0.211 e. The van der Waals surface area contributed by atoms with Gasteiger partial charge in [0.15, 0.2) is 5.96 Å². The lowest BCUT2D eigenvalue weighted by Crippen LogP contribution is -2.34. The Hall–Kier alpha value is -4.13. The van der Waals surface area contributed by atoms with E-state index in [-0.39, 0.29) is 12.5 Å². The molecule has 35 heavy (non-hydrogen) atoms. The molecule has 0 spiro atoms. The van der Waals surface area contributed by atoms with E-state index in [2.05, 4.69) is 34.1 Å². The highest BCUT2D eigenvalue weighted by Crippen LogP contribution is 2.26. The van der Waals surface area contributed by atoms with Gasteiger partial charge in [-0.3, -0.25) is 4.68 Å². The number of ether oxygens (including phenoxy) is 1. The molecule has 0 amide bonds. The molecule has 1 aromatic heterocycles. The third kappa shape index (κ3) is 8.30. The lowest BCUT2D eigenvalue weighted by atomic mass is 10.0. The third-order valence-electron chi connectivity index (χ3n) is 4.76. The van der Waals surface area contributed by atoms with Crippen LogP contribution in [0.3, 0.4) is 0 Å². The van der Waals surface area contributed by atoms with Crippen molar-refractivity contribution in [2.75, 3.05) is 25.2 Å². The summed E-state index contributed by atoms with van der Waals surface area (Å²) in [5.74, 6) is 0.429. The van der Waals surface area contributed by atoms with Crippen LogP contribution < -0.4 is 15.8 Å². The molecule has 3 N–H and O–H groups in total. The van der Waals surface area contributed by atoms with Gasteiger partial charge >= 0.3 is 0 Å². The second-order valence-corrected chi connectivity index (χ2v) is 9.71. The number of nitrogens with zero attached hydrogens (tertiary/aromatic N) is 6. The maximum atomic E-state index is 11.7. The first kappa shape index (κ1) is 27.1. The molecule has 0 aliphatic heterocycles. The van der Waals surface area contributed by atoms with Crippen LogP contribution in [0.25, 0.3) is 5.57 Å². The van der Waals surface area contributed by atoms with Crippen molar-refractivity contribution in [2.45, 2.75) is 26.0 Å². The average Bonchev–Trinajstić information content (AvgIpc) is 3.24. The zero-order valence-corrected chi connectivity index (χ0v) is 20.7. The van der Waals surface area contributed by atoms with Gasteiger partial charge in [-0.25, -0.2) is 17.7 Å². The molecule has 1 unspecified atom stereocenters. The summed E-state index contributed by atoms with van der Waals surface area (Å²) in [6.07, 6.45) is 7.35. The molecule has 12 heteroatoms. The number of rotatable bonds is 11. The van der Waals surface area contributed by atoms with E-state index in [9.17, 15) is 13.7 Å². The Labute approximate surface area is 205 Å². The van der Waals surface area contributed by atoms with Crippen molar-refractivity contribution in [1.82, 2.24) is 14.1 Å². The van der Waals surface area contributed by atoms with Crippen LogP contribution in [0.4, 0.5) is 5.69 Å². The zero-order valence-electron chi connectivity index (χ0n) is 19.8. The summed E-state index contributed by atoms with van der Waals surface area (Å²) >= 11 is 0. The molecule has 2 aromatic rings. The van der Waals surface area contributed by atoms with Gasteiger partial charge in [0, 0.05) is 19.4 Å². The van der Waals surface area contributed by atoms with Crippen LogP contribution in [-0.4, -0.2) is 54.4 Å². The molecule has 184 valence electrons. The fourth-order valence-corrected chi connectivity index (χ4v) is 3.40. The number of hydrogen-bond acceptors (Lipinski definition) is 7. The largest absolute Gasteiger partial charge is 0.488 e. The molecule has 0 aliphatic carbocycles. The van der Waals surface area contributed by atoms with E-state index >= 15 is 0 Å². The molecule has 1 heterocycles. The minimum Gasteiger partial charge on any atom is -0.488 e. The molecule has 0 radical (unpaired) electrons. The second-order valence-electron chi connectivity index (χ2n) is 7.62. The van der Waals surface area contributed by atoms with Gasteiger partial charge < -0.3 is 15.8 Å². The number of likely N-dealkylation sites (N-methyl/N-ethyl adjacent to an activating group) is 1. The summed E-state index contributed by atoms with van der Waals surface area (Å²) in [4.78, 5) is 4.22. The molecular weight excluding hydrogens is 468 g/mol. The molecule has 2 rings (SSSR count). The summed E-state index contributed by atoms with van der Waals surface area (Å²) in [5, 5.41) is 25.2. The number of anilines is 1. The number of nitrogens with one attached hydrogen (secondary N) is 1. The number of aryl methyl sites for hydroxylation is 1. The Morgan fingerprint density at radius 3 is 2.83 bits per heavy atom. The molecular formula is C23H28N8O3S. The molecule has 1 atom stereocenters. The van der Waals surface area contributed by atoms with Gasteiger partial charge in [0.25, 0.3) is 0 Å². The first-order chi connectivity index (χ1) is 16.6. The summed E-state index contributed by atoms with van der Waals surface area (Å²) in [6.45, 7) is 6.13. The fraction of sp³-hybridized carbons (Fsp3) is 0.304. The second kappa shape index (κ2) is 12.4.